The fourth-order valence-electron chi connectivity index (χ4n) is 0. The van der Waals surface area contributed by atoms with E-state index in [-0.39, 0.29) is 0 Å². The van der Waals surface area contributed by atoms with Crippen molar-refractivity contribution in [2.75, 3.05) is 6.67 Å². The summed E-state index contributed by atoms with van der Waals surface area (Å²) in [7, 11) is 0. The third-order valence-electron chi connectivity index (χ3n) is 0.0772. The van der Waals surface area contributed by atoms with Crippen LogP contribution in [0.4, 0.5) is 4.39 Å². The van der Waals surface area contributed by atoms with Crippen LogP contribution < -0.4 is 0 Å². The summed E-state index contributed by atoms with van der Waals surface area (Å²) in [5, 5.41) is 0. The van der Waals surface area contributed by atoms with E-state index in [0.717, 1.165) is 0 Å². The maximum absolute atomic E-state index is 10.5. The lowest BCUT2D eigenvalue weighted by Crippen LogP contribution is -1.50. The van der Waals surface area contributed by atoms with Gasteiger partial charge < -0.3 is 0 Å². The van der Waals surface area contributed by atoms with Crippen LogP contribution in [0.15, 0.2) is 0 Å². The van der Waals surface area contributed by atoms with E-state index >= 15 is 0 Å². The first-order chi connectivity index (χ1) is 1.91. The lowest BCUT2D eigenvalue weighted by atomic mass is 10.8. The number of rotatable bonds is 0. The van der Waals surface area contributed by atoms with E-state index in [1.54, 1.807) is 5.92 Å². The van der Waals surface area contributed by atoms with Gasteiger partial charge in [-0.3, -0.25) is 0 Å². The van der Waals surface area contributed by atoms with E-state index in [4.69, 9.17) is 0 Å². The summed E-state index contributed by atoms with van der Waals surface area (Å²) in [5.41, 5.74) is 0. The van der Waals surface area contributed by atoms with Gasteiger partial charge in [-0.05, 0) is 0 Å². The summed E-state index contributed by atoms with van der Waals surface area (Å²) in [6.45, 7) is -0.653. The molecular weight excluding hydrogens is 55.0 g/mol. The van der Waals surface area contributed by atoms with Gasteiger partial charge in [0, 0.05) is 0 Å². The van der Waals surface area contributed by atoms with Crippen LogP contribution >= 0.6 is 0 Å². The first-order valence-corrected chi connectivity index (χ1v) is 0.909. The fourth-order valence-corrected chi connectivity index (χ4v) is 0. The normalized spacial score (nSPS) is 5.00. The zero-order valence-corrected chi connectivity index (χ0v) is 2.16. The molecule has 0 N–H and O–H groups in total. The Kier molecular flexibility index (Phi) is 2.17. The third-order valence-corrected chi connectivity index (χ3v) is 0.0772. The summed E-state index contributed by atoms with van der Waals surface area (Å²) in [6.07, 6.45) is 4.40. The van der Waals surface area contributed by atoms with Crippen LogP contribution in [-0.4, -0.2) is 6.67 Å². The van der Waals surface area contributed by atoms with E-state index in [1.807, 2.05) is 0 Å². The second-order valence-electron chi connectivity index (χ2n) is 0.338. The maximum atomic E-state index is 10.5. The largest absolute Gasteiger partial charge is 0.237 e. The van der Waals surface area contributed by atoms with Crippen LogP contribution in [-0.2, 0) is 0 Å². The molecule has 0 aliphatic rings. The number of hydrogen-bond donors (Lipinski definition) is 0. The number of hydrogen-bond acceptors (Lipinski definition) is 0. The minimum Gasteiger partial charge on any atom is -0.237 e. The highest BCUT2D eigenvalue weighted by Crippen LogP contribution is 1.50. The Labute approximate surface area is 24.6 Å². The molecule has 0 aromatic rings. The van der Waals surface area contributed by atoms with Crippen molar-refractivity contribution < 1.29 is 4.39 Å². The number of alkyl halides is 1. The lowest BCUT2D eigenvalue weighted by Gasteiger charge is -1.49. The molecule has 0 radical (unpaired) electrons. The van der Waals surface area contributed by atoms with E-state index in [9.17, 15) is 4.39 Å². The molecule has 0 nitrogen and oxygen atoms in total. The predicted octanol–water partition coefficient (Wildman–Crippen LogP) is 0.589. The molecule has 1 heteroatoms. The highest BCUT2D eigenvalue weighted by atomic mass is 19.1. The zero-order valence-electron chi connectivity index (χ0n) is 2.16. The van der Waals surface area contributed by atoms with E-state index < -0.39 is 6.67 Å². The predicted molar refractivity (Wildman–Crippen MR) is 14.8 cm³/mol. The minimum absolute atomic E-state index is 0.653. The molecule has 0 amide bonds. The summed E-state index contributed by atoms with van der Waals surface area (Å²) in [4.78, 5) is 0. The second kappa shape index (κ2) is 2.49. The molecule has 0 heterocycles. The number of halogens is 1. The topological polar surface area (TPSA) is 0 Å². The van der Waals surface area contributed by atoms with E-state index in [2.05, 4.69) is 6.42 Å². The second-order valence-corrected chi connectivity index (χ2v) is 0.338. The molecule has 22 valence electrons. The van der Waals surface area contributed by atoms with Gasteiger partial charge in [0.15, 0.2) is 0 Å². The average molecular weight is 58.1 g/mol. The van der Waals surface area contributed by atoms with Gasteiger partial charge in [-0.15, -0.1) is 6.42 Å². The summed E-state index contributed by atoms with van der Waals surface area (Å²) >= 11 is 0. The van der Waals surface area contributed by atoms with Crippen molar-refractivity contribution in [3.63, 3.8) is 0 Å². The molecule has 0 saturated heterocycles. The van der Waals surface area contributed by atoms with Gasteiger partial charge in [0.25, 0.3) is 0 Å². The molecule has 0 aromatic carbocycles. The van der Waals surface area contributed by atoms with Crippen LogP contribution in [0, 0.1) is 12.3 Å². The molecule has 4 heavy (non-hydrogen) atoms. The summed E-state index contributed by atoms with van der Waals surface area (Å²) < 4.78 is 10.5. The highest BCUT2D eigenvalue weighted by molar-refractivity contribution is 4.81. The number of terminal acetylenes is 1. The SMILES string of the molecule is C#CCF. The molecule has 0 aromatic heterocycles. The maximum Gasteiger partial charge on any atom is 0.150 e. The van der Waals surface area contributed by atoms with Gasteiger partial charge >= 0.3 is 0 Å². The van der Waals surface area contributed by atoms with Crippen LogP contribution in [0.1, 0.15) is 0 Å². The molecule has 0 aliphatic carbocycles. The van der Waals surface area contributed by atoms with Crippen molar-refractivity contribution >= 4 is 0 Å². The van der Waals surface area contributed by atoms with Gasteiger partial charge in [-0.2, -0.15) is 0 Å². The molecule has 0 saturated carbocycles. The Bertz CT molecular complexity index is 33.0. The molecule has 0 rings (SSSR count). The summed E-state index contributed by atoms with van der Waals surface area (Å²) in [6, 6.07) is 0. The van der Waals surface area contributed by atoms with Gasteiger partial charge in [0.05, 0.1) is 0 Å². The van der Waals surface area contributed by atoms with Gasteiger partial charge in [-0.25, -0.2) is 4.39 Å². The molecule has 0 fully saturated rings. The van der Waals surface area contributed by atoms with Crippen molar-refractivity contribution in [1.29, 1.82) is 0 Å². The van der Waals surface area contributed by atoms with Gasteiger partial charge in [0.2, 0.25) is 0 Å². The third kappa shape index (κ3) is 1.49. The Hall–Kier alpha value is -0.510. The first kappa shape index (κ1) is 3.49. The van der Waals surface area contributed by atoms with Crippen molar-refractivity contribution in [2.24, 2.45) is 0 Å². The van der Waals surface area contributed by atoms with Crippen LogP contribution in [0.5, 0.6) is 0 Å². The van der Waals surface area contributed by atoms with Crippen molar-refractivity contribution in [3.8, 4) is 12.3 Å². The summed E-state index contributed by atoms with van der Waals surface area (Å²) in [5.74, 6) is 1.76. The van der Waals surface area contributed by atoms with Crippen LogP contribution in [0.3, 0.4) is 0 Å². The molecule has 0 unspecified atom stereocenters. The van der Waals surface area contributed by atoms with Crippen LogP contribution in [0.25, 0.3) is 0 Å². The molecule has 0 bridgehead atoms. The Balaban J connectivity index is 2.43. The highest BCUT2D eigenvalue weighted by Gasteiger charge is 1.48. The fraction of sp³-hybridized carbons (Fsp3) is 0.333. The Morgan fingerprint density at radius 3 is 2.25 bits per heavy atom. The van der Waals surface area contributed by atoms with Gasteiger partial charge in [0.1, 0.15) is 6.67 Å². The monoisotopic (exact) mass is 58.0 g/mol. The first-order valence-electron chi connectivity index (χ1n) is 0.909. The quantitative estimate of drug-likeness (QED) is 0.357. The Morgan fingerprint density at radius 2 is 2.25 bits per heavy atom. The Morgan fingerprint density at radius 1 is 2.00 bits per heavy atom. The molecule has 0 aliphatic heterocycles. The van der Waals surface area contributed by atoms with E-state index in [0.29, 0.717) is 0 Å². The van der Waals surface area contributed by atoms with Crippen molar-refractivity contribution in [1.82, 2.24) is 0 Å². The van der Waals surface area contributed by atoms with Gasteiger partial charge in [-0.1, -0.05) is 5.92 Å². The molecular formula is C3H3F. The van der Waals surface area contributed by atoms with E-state index in [1.165, 1.54) is 0 Å². The standard InChI is InChI=1S/C3H3F/c1-2-3-4/h1H,3H2. The smallest absolute Gasteiger partial charge is 0.150 e. The molecule has 0 atom stereocenters. The minimum atomic E-state index is -0.653. The van der Waals surface area contributed by atoms with Crippen molar-refractivity contribution in [2.45, 2.75) is 0 Å². The average Bonchev–Trinajstić information content (AvgIpc) is 1.37. The van der Waals surface area contributed by atoms with Crippen molar-refractivity contribution in [3.05, 3.63) is 0 Å². The zero-order chi connectivity index (χ0) is 3.41. The lowest BCUT2D eigenvalue weighted by molar-refractivity contribution is 0.573. The molecule has 0 spiro atoms. The van der Waals surface area contributed by atoms with Crippen LogP contribution in [0.2, 0.25) is 0 Å².